The maximum Gasteiger partial charge on any atom is 0.183 e. The maximum absolute atomic E-state index is 6.20. The predicted molar refractivity (Wildman–Crippen MR) is 103 cm³/mol. The third kappa shape index (κ3) is 3.46. The highest BCUT2D eigenvalue weighted by Gasteiger charge is 2.07. The topological polar surface area (TPSA) is 55.6 Å². The largest absolute Gasteiger partial charge is 0.380 e. The number of anilines is 1. The SMILES string of the molecule is Cc1ccc(-n2nc3ccc(NCc4cnc(Cl)s4)cc3n2)cc1Cl. The Bertz CT molecular complexity index is 1060. The van der Waals surface area contributed by atoms with E-state index in [2.05, 4.69) is 20.5 Å². The Morgan fingerprint density at radius 1 is 1.08 bits per heavy atom. The van der Waals surface area contributed by atoms with Crippen LogP contribution in [0.4, 0.5) is 5.69 Å². The van der Waals surface area contributed by atoms with Crippen molar-refractivity contribution in [2.24, 2.45) is 0 Å². The van der Waals surface area contributed by atoms with E-state index in [1.165, 1.54) is 11.3 Å². The molecule has 5 nitrogen and oxygen atoms in total. The summed E-state index contributed by atoms with van der Waals surface area (Å²) in [6.45, 7) is 2.63. The fourth-order valence-corrected chi connectivity index (χ4v) is 3.49. The van der Waals surface area contributed by atoms with Crippen molar-refractivity contribution in [2.45, 2.75) is 13.5 Å². The number of rotatable bonds is 4. The van der Waals surface area contributed by atoms with Crippen LogP contribution in [0, 0.1) is 6.92 Å². The van der Waals surface area contributed by atoms with Crippen molar-refractivity contribution < 1.29 is 0 Å². The zero-order valence-electron chi connectivity index (χ0n) is 13.2. The number of thiazole rings is 1. The summed E-state index contributed by atoms with van der Waals surface area (Å²) in [6.07, 6.45) is 1.77. The maximum atomic E-state index is 6.20. The highest BCUT2D eigenvalue weighted by molar-refractivity contribution is 7.15. The first-order chi connectivity index (χ1) is 12.1. The van der Waals surface area contributed by atoms with E-state index in [0.717, 1.165) is 32.8 Å². The third-order valence-corrected chi connectivity index (χ3v) is 5.28. The van der Waals surface area contributed by atoms with Crippen LogP contribution < -0.4 is 5.32 Å². The zero-order valence-corrected chi connectivity index (χ0v) is 15.5. The predicted octanol–water partition coefficient (Wildman–Crippen LogP) is 5.10. The summed E-state index contributed by atoms with van der Waals surface area (Å²) in [7, 11) is 0. The van der Waals surface area contributed by atoms with E-state index < -0.39 is 0 Å². The van der Waals surface area contributed by atoms with Gasteiger partial charge >= 0.3 is 0 Å². The Balaban J connectivity index is 1.59. The summed E-state index contributed by atoms with van der Waals surface area (Å²) in [6, 6.07) is 11.7. The zero-order chi connectivity index (χ0) is 17.4. The average Bonchev–Trinajstić information content (AvgIpc) is 3.21. The summed E-state index contributed by atoms with van der Waals surface area (Å²) in [5.74, 6) is 0. The van der Waals surface area contributed by atoms with Gasteiger partial charge in [0, 0.05) is 21.8 Å². The van der Waals surface area contributed by atoms with Gasteiger partial charge in [-0.25, -0.2) is 4.98 Å². The Morgan fingerprint density at radius 3 is 2.68 bits per heavy atom. The monoisotopic (exact) mass is 389 g/mol. The van der Waals surface area contributed by atoms with Crippen molar-refractivity contribution in [2.75, 3.05) is 5.32 Å². The Morgan fingerprint density at radius 2 is 1.92 bits per heavy atom. The first kappa shape index (κ1) is 16.3. The molecule has 2 aromatic carbocycles. The minimum absolute atomic E-state index is 0.548. The lowest BCUT2D eigenvalue weighted by Gasteiger charge is -2.03. The molecular weight excluding hydrogens is 377 g/mol. The highest BCUT2D eigenvalue weighted by Crippen LogP contribution is 2.22. The van der Waals surface area contributed by atoms with E-state index in [1.807, 2.05) is 43.3 Å². The molecule has 4 rings (SSSR count). The number of aryl methyl sites for hydroxylation is 1. The van der Waals surface area contributed by atoms with E-state index in [0.29, 0.717) is 16.0 Å². The van der Waals surface area contributed by atoms with E-state index in [1.54, 1.807) is 11.0 Å². The summed E-state index contributed by atoms with van der Waals surface area (Å²) >= 11 is 13.5. The van der Waals surface area contributed by atoms with Crippen LogP contribution >= 0.6 is 34.5 Å². The molecule has 4 aromatic rings. The lowest BCUT2D eigenvalue weighted by molar-refractivity contribution is 0.765. The second-order valence-electron chi connectivity index (χ2n) is 5.56. The van der Waals surface area contributed by atoms with Crippen molar-refractivity contribution in [1.82, 2.24) is 20.0 Å². The number of benzene rings is 2. The summed E-state index contributed by atoms with van der Waals surface area (Å²) in [5, 5.41) is 13.1. The number of halogens is 2. The molecule has 0 fully saturated rings. The summed E-state index contributed by atoms with van der Waals surface area (Å²) in [5.41, 5.74) is 4.45. The van der Waals surface area contributed by atoms with Crippen LogP contribution in [-0.4, -0.2) is 20.0 Å². The van der Waals surface area contributed by atoms with Crippen LogP contribution in [0.1, 0.15) is 10.4 Å². The van der Waals surface area contributed by atoms with Crippen molar-refractivity contribution in [3.8, 4) is 5.69 Å². The molecule has 0 aliphatic carbocycles. The van der Waals surface area contributed by atoms with Gasteiger partial charge in [-0.3, -0.25) is 0 Å². The first-order valence-corrected chi connectivity index (χ1v) is 9.13. The lowest BCUT2D eigenvalue weighted by Crippen LogP contribution is -1.98. The van der Waals surface area contributed by atoms with Gasteiger partial charge in [-0.1, -0.05) is 29.3 Å². The average molecular weight is 390 g/mol. The standard InChI is InChI=1S/C17H13Cl2N5S/c1-10-2-4-12(7-14(10)18)24-22-15-5-3-11(6-16(15)23-24)20-8-13-9-21-17(19)25-13/h2-7,9,20H,8H2,1H3. The number of nitrogens with one attached hydrogen (secondary N) is 1. The van der Waals surface area contributed by atoms with Crippen LogP contribution in [0.3, 0.4) is 0 Å². The van der Waals surface area contributed by atoms with Crippen LogP contribution in [-0.2, 0) is 6.54 Å². The first-order valence-electron chi connectivity index (χ1n) is 7.56. The van der Waals surface area contributed by atoms with Crippen molar-refractivity contribution in [1.29, 1.82) is 0 Å². The number of nitrogens with zero attached hydrogens (tertiary/aromatic N) is 4. The van der Waals surface area contributed by atoms with Gasteiger partial charge in [0.25, 0.3) is 0 Å². The summed E-state index contributed by atoms with van der Waals surface area (Å²) < 4.78 is 0.548. The van der Waals surface area contributed by atoms with Gasteiger partial charge in [0.2, 0.25) is 0 Å². The molecule has 0 aliphatic rings. The molecule has 1 N–H and O–H groups in total. The fraction of sp³-hybridized carbons (Fsp3) is 0.118. The molecule has 0 bridgehead atoms. The third-order valence-electron chi connectivity index (χ3n) is 3.76. The molecule has 25 heavy (non-hydrogen) atoms. The normalized spacial score (nSPS) is 11.2. The van der Waals surface area contributed by atoms with Crippen LogP contribution in [0.15, 0.2) is 42.6 Å². The lowest BCUT2D eigenvalue weighted by atomic mass is 10.2. The smallest absolute Gasteiger partial charge is 0.183 e. The van der Waals surface area contributed by atoms with E-state index in [4.69, 9.17) is 23.2 Å². The van der Waals surface area contributed by atoms with Gasteiger partial charge < -0.3 is 5.32 Å². The number of aromatic nitrogens is 4. The minimum Gasteiger partial charge on any atom is -0.380 e. The number of fused-ring (bicyclic) bond motifs is 1. The van der Waals surface area contributed by atoms with Gasteiger partial charge in [-0.05, 0) is 42.8 Å². The van der Waals surface area contributed by atoms with E-state index in [-0.39, 0.29) is 0 Å². The molecule has 0 saturated carbocycles. The Labute approximate surface area is 158 Å². The Kier molecular flexibility index (Phi) is 4.33. The quantitative estimate of drug-likeness (QED) is 0.527. The molecule has 0 aliphatic heterocycles. The molecular formula is C17H13Cl2N5S. The molecule has 0 unspecified atom stereocenters. The van der Waals surface area contributed by atoms with Crippen LogP contribution in [0.5, 0.6) is 0 Å². The molecule has 0 saturated heterocycles. The van der Waals surface area contributed by atoms with Crippen LogP contribution in [0.25, 0.3) is 16.7 Å². The van der Waals surface area contributed by atoms with Gasteiger partial charge in [0.1, 0.15) is 11.0 Å². The molecule has 0 atom stereocenters. The molecule has 8 heteroatoms. The minimum atomic E-state index is 0.548. The molecule has 0 amide bonds. The van der Waals surface area contributed by atoms with Crippen molar-refractivity contribution >= 4 is 51.3 Å². The molecule has 0 radical (unpaired) electrons. The fourth-order valence-electron chi connectivity index (χ4n) is 2.40. The van der Waals surface area contributed by atoms with Gasteiger partial charge in [-0.15, -0.1) is 21.5 Å². The molecule has 2 aromatic heterocycles. The second-order valence-corrected chi connectivity index (χ2v) is 7.66. The van der Waals surface area contributed by atoms with Crippen LogP contribution in [0.2, 0.25) is 9.49 Å². The van der Waals surface area contributed by atoms with E-state index >= 15 is 0 Å². The Hall–Kier alpha value is -2.15. The highest BCUT2D eigenvalue weighted by atomic mass is 35.5. The summed E-state index contributed by atoms with van der Waals surface area (Å²) in [4.78, 5) is 6.71. The molecule has 0 spiro atoms. The second kappa shape index (κ2) is 6.63. The van der Waals surface area contributed by atoms with Crippen molar-refractivity contribution in [3.05, 3.63) is 62.5 Å². The number of hydrogen-bond acceptors (Lipinski definition) is 5. The molecule has 126 valence electrons. The van der Waals surface area contributed by atoms with Gasteiger partial charge in [0.15, 0.2) is 4.47 Å². The molecule has 2 heterocycles. The van der Waals surface area contributed by atoms with Crippen molar-refractivity contribution in [3.63, 3.8) is 0 Å². The van der Waals surface area contributed by atoms with E-state index in [9.17, 15) is 0 Å². The number of hydrogen-bond donors (Lipinski definition) is 1. The van der Waals surface area contributed by atoms with Gasteiger partial charge in [-0.2, -0.15) is 4.80 Å². The van der Waals surface area contributed by atoms with Gasteiger partial charge in [0.05, 0.1) is 12.2 Å².